The van der Waals surface area contributed by atoms with Gasteiger partial charge in [-0.05, 0) is 23.6 Å². The van der Waals surface area contributed by atoms with Gasteiger partial charge >= 0.3 is 0 Å². The summed E-state index contributed by atoms with van der Waals surface area (Å²) in [5, 5.41) is 3.59. The Kier molecular flexibility index (Phi) is 2.23. The van der Waals surface area contributed by atoms with E-state index in [-0.39, 0.29) is 5.91 Å². The fraction of sp³-hybridized carbons (Fsp3) is 0.300. The lowest BCUT2D eigenvalue weighted by Gasteiger charge is -2.04. The van der Waals surface area contributed by atoms with Crippen LogP contribution in [-0.4, -0.2) is 12.5 Å². The summed E-state index contributed by atoms with van der Waals surface area (Å²) in [6.07, 6.45) is 1.29. The fourth-order valence-corrected chi connectivity index (χ4v) is 1.90. The molecular weight excluding hydrogens is 186 g/mol. The Morgan fingerprint density at radius 2 is 2.23 bits per heavy atom. The Bertz CT molecular complexity index is 349. The minimum atomic E-state index is 0.0843. The molecule has 68 valence electrons. The van der Waals surface area contributed by atoms with Crippen LogP contribution in [0.1, 0.15) is 11.1 Å². The zero-order chi connectivity index (χ0) is 9.26. The van der Waals surface area contributed by atoms with E-state index in [2.05, 4.69) is 5.32 Å². The maximum atomic E-state index is 11.2. The summed E-state index contributed by atoms with van der Waals surface area (Å²) in [6.45, 7) is 0.690. The highest BCUT2D eigenvalue weighted by atomic mass is 35.5. The van der Waals surface area contributed by atoms with Gasteiger partial charge in [0.1, 0.15) is 0 Å². The van der Waals surface area contributed by atoms with E-state index in [0.29, 0.717) is 13.0 Å². The number of hydrogen-bond acceptors (Lipinski definition) is 1. The Balaban J connectivity index is 2.45. The standard InChI is InChI=1S/C10H10ClNO/c11-9-3-1-2-7-6-10(13)12-5-4-8(7)9/h1-3H,4-6H2,(H,12,13). The van der Waals surface area contributed by atoms with Crippen molar-refractivity contribution < 1.29 is 4.79 Å². The highest BCUT2D eigenvalue weighted by Gasteiger charge is 2.14. The molecule has 0 radical (unpaired) electrons. The molecule has 3 heteroatoms. The number of rotatable bonds is 0. The molecule has 1 aliphatic heterocycles. The summed E-state index contributed by atoms with van der Waals surface area (Å²) in [5.74, 6) is 0.0843. The van der Waals surface area contributed by atoms with E-state index in [9.17, 15) is 4.79 Å². The lowest BCUT2D eigenvalue weighted by atomic mass is 10.0. The number of hydrogen-bond donors (Lipinski definition) is 1. The summed E-state index contributed by atoms with van der Waals surface area (Å²) >= 11 is 6.02. The summed E-state index contributed by atoms with van der Waals surface area (Å²) < 4.78 is 0. The largest absolute Gasteiger partial charge is 0.355 e. The Labute approximate surface area is 81.9 Å². The van der Waals surface area contributed by atoms with E-state index in [4.69, 9.17) is 11.6 Å². The molecule has 0 aliphatic carbocycles. The van der Waals surface area contributed by atoms with Crippen molar-refractivity contribution in [1.82, 2.24) is 5.32 Å². The maximum Gasteiger partial charge on any atom is 0.224 e. The lowest BCUT2D eigenvalue weighted by molar-refractivity contribution is -0.120. The second-order valence-electron chi connectivity index (χ2n) is 3.15. The monoisotopic (exact) mass is 195 g/mol. The number of benzene rings is 1. The fourth-order valence-electron chi connectivity index (χ4n) is 1.61. The maximum absolute atomic E-state index is 11.2. The molecule has 0 fully saturated rings. The second kappa shape index (κ2) is 3.38. The van der Waals surface area contributed by atoms with Crippen molar-refractivity contribution in [3.8, 4) is 0 Å². The summed E-state index contributed by atoms with van der Waals surface area (Å²) in [4.78, 5) is 11.2. The van der Waals surface area contributed by atoms with Crippen LogP contribution in [0, 0.1) is 0 Å². The van der Waals surface area contributed by atoms with Gasteiger partial charge in [-0.3, -0.25) is 4.79 Å². The average Bonchev–Trinajstić information content (AvgIpc) is 2.27. The van der Waals surface area contributed by atoms with Crippen LogP contribution in [0.15, 0.2) is 18.2 Å². The third-order valence-electron chi connectivity index (χ3n) is 2.26. The van der Waals surface area contributed by atoms with Gasteiger partial charge in [0, 0.05) is 11.6 Å². The number of carbonyl (C=O) groups excluding carboxylic acids is 1. The van der Waals surface area contributed by atoms with Gasteiger partial charge in [-0.15, -0.1) is 0 Å². The van der Waals surface area contributed by atoms with E-state index in [1.807, 2.05) is 18.2 Å². The molecule has 13 heavy (non-hydrogen) atoms. The Morgan fingerprint density at radius 3 is 3.08 bits per heavy atom. The third kappa shape index (κ3) is 1.68. The second-order valence-corrected chi connectivity index (χ2v) is 3.56. The first-order valence-corrected chi connectivity index (χ1v) is 4.68. The predicted molar refractivity (Wildman–Crippen MR) is 51.9 cm³/mol. The van der Waals surface area contributed by atoms with Crippen molar-refractivity contribution in [3.63, 3.8) is 0 Å². The first-order valence-electron chi connectivity index (χ1n) is 4.30. The quantitative estimate of drug-likeness (QED) is 0.669. The number of amides is 1. The molecule has 0 bridgehead atoms. The van der Waals surface area contributed by atoms with E-state index >= 15 is 0 Å². The van der Waals surface area contributed by atoms with E-state index in [1.165, 1.54) is 0 Å². The van der Waals surface area contributed by atoms with Gasteiger partial charge in [-0.25, -0.2) is 0 Å². The summed E-state index contributed by atoms with van der Waals surface area (Å²) in [6, 6.07) is 5.72. The van der Waals surface area contributed by atoms with Crippen molar-refractivity contribution in [3.05, 3.63) is 34.3 Å². The molecule has 2 rings (SSSR count). The SMILES string of the molecule is O=C1Cc2cccc(Cl)c2CCN1. The molecule has 1 heterocycles. The van der Waals surface area contributed by atoms with Gasteiger partial charge in [0.2, 0.25) is 5.91 Å². The number of carbonyl (C=O) groups is 1. The highest BCUT2D eigenvalue weighted by Crippen LogP contribution is 2.22. The molecular formula is C10H10ClNO. The van der Waals surface area contributed by atoms with Crippen LogP contribution >= 0.6 is 11.6 Å². The first-order chi connectivity index (χ1) is 6.27. The number of fused-ring (bicyclic) bond motifs is 1. The molecule has 0 spiro atoms. The summed E-state index contributed by atoms with van der Waals surface area (Å²) in [7, 11) is 0. The van der Waals surface area contributed by atoms with Crippen molar-refractivity contribution in [2.24, 2.45) is 0 Å². The van der Waals surface area contributed by atoms with Crippen molar-refractivity contribution in [2.75, 3.05) is 6.54 Å². The summed E-state index contributed by atoms with van der Waals surface area (Å²) in [5.41, 5.74) is 2.17. The molecule has 0 saturated carbocycles. The van der Waals surface area contributed by atoms with Crippen molar-refractivity contribution in [2.45, 2.75) is 12.8 Å². The molecule has 1 aliphatic rings. The van der Waals surface area contributed by atoms with Gasteiger partial charge in [-0.2, -0.15) is 0 Å². The number of nitrogens with one attached hydrogen (secondary N) is 1. The van der Waals surface area contributed by atoms with Crippen LogP contribution in [0.25, 0.3) is 0 Å². The average molecular weight is 196 g/mol. The number of halogens is 1. The molecule has 0 unspecified atom stereocenters. The van der Waals surface area contributed by atoms with Gasteiger partial charge in [0.15, 0.2) is 0 Å². The molecule has 0 saturated heterocycles. The van der Waals surface area contributed by atoms with Crippen molar-refractivity contribution >= 4 is 17.5 Å². The highest BCUT2D eigenvalue weighted by molar-refractivity contribution is 6.31. The van der Waals surface area contributed by atoms with E-state index < -0.39 is 0 Å². The van der Waals surface area contributed by atoms with Gasteiger partial charge < -0.3 is 5.32 Å². The normalized spacial score (nSPS) is 15.9. The van der Waals surface area contributed by atoms with E-state index in [0.717, 1.165) is 22.6 Å². The minimum absolute atomic E-state index is 0.0843. The molecule has 0 atom stereocenters. The smallest absolute Gasteiger partial charge is 0.224 e. The van der Waals surface area contributed by atoms with Crippen LogP contribution in [0.5, 0.6) is 0 Å². The third-order valence-corrected chi connectivity index (χ3v) is 2.62. The van der Waals surface area contributed by atoms with Crippen LogP contribution < -0.4 is 5.32 Å². The topological polar surface area (TPSA) is 29.1 Å². The van der Waals surface area contributed by atoms with Crippen LogP contribution in [0.2, 0.25) is 5.02 Å². The predicted octanol–water partition coefficient (Wildman–Crippen LogP) is 1.55. The molecule has 1 aromatic rings. The first kappa shape index (κ1) is 8.57. The molecule has 1 N–H and O–H groups in total. The van der Waals surface area contributed by atoms with Gasteiger partial charge in [0.05, 0.1) is 6.42 Å². The Morgan fingerprint density at radius 1 is 1.38 bits per heavy atom. The van der Waals surface area contributed by atoms with Crippen LogP contribution in [-0.2, 0) is 17.6 Å². The molecule has 1 aromatic carbocycles. The minimum Gasteiger partial charge on any atom is -0.355 e. The molecule has 2 nitrogen and oxygen atoms in total. The van der Waals surface area contributed by atoms with Crippen molar-refractivity contribution in [1.29, 1.82) is 0 Å². The van der Waals surface area contributed by atoms with Gasteiger partial charge in [-0.1, -0.05) is 23.7 Å². The molecule has 0 aromatic heterocycles. The zero-order valence-corrected chi connectivity index (χ0v) is 7.90. The lowest BCUT2D eigenvalue weighted by Crippen LogP contribution is -2.24. The van der Waals surface area contributed by atoms with Crippen LogP contribution in [0.4, 0.5) is 0 Å². The zero-order valence-electron chi connectivity index (χ0n) is 7.14. The van der Waals surface area contributed by atoms with E-state index in [1.54, 1.807) is 0 Å². The van der Waals surface area contributed by atoms with Crippen LogP contribution in [0.3, 0.4) is 0 Å². The van der Waals surface area contributed by atoms with Gasteiger partial charge in [0.25, 0.3) is 0 Å². The Hall–Kier alpha value is -1.02. The molecule has 1 amide bonds.